The van der Waals surface area contributed by atoms with E-state index in [1.165, 1.54) is 0 Å². The second-order valence-electron chi connectivity index (χ2n) is 5.66. The van der Waals surface area contributed by atoms with Crippen LogP contribution in [0, 0.1) is 0 Å². The van der Waals surface area contributed by atoms with Crippen molar-refractivity contribution in [3.8, 4) is 0 Å². The van der Waals surface area contributed by atoms with Gasteiger partial charge >= 0.3 is 0 Å². The quantitative estimate of drug-likeness (QED) is 0.847. The van der Waals surface area contributed by atoms with Crippen molar-refractivity contribution >= 4 is 11.6 Å². The topological polar surface area (TPSA) is 50.4 Å². The maximum Gasteiger partial charge on any atom is 0.253 e. The smallest absolute Gasteiger partial charge is 0.253 e. The van der Waals surface area contributed by atoms with E-state index < -0.39 is 6.10 Å². The molecule has 0 heterocycles. The number of carbonyl (C=O) groups is 1. The monoisotopic (exact) mass is 290 g/mol. The van der Waals surface area contributed by atoms with Gasteiger partial charge in [0.2, 0.25) is 0 Å². The van der Waals surface area contributed by atoms with Crippen molar-refractivity contribution in [2.24, 2.45) is 0 Å². The summed E-state index contributed by atoms with van der Waals surface area (Å²) in [5.41, 5.74) is 0.814. The van der Waals surface area contributed by atoms with Crippen LogP contribution in [0.5, 0.6) is 0 Å². The molecule has 0 spiro atoms. The fraction of sp³-hybridized carbons (Fsp3) is 0.588. The number of benzene rings is 1. The second kappa shape index (κ2) is 8.15. The molecule has 1 saturated carbocycles. The van der Waals surface area contributed by atoms with Gasteiger partial charge < -0.3 is 15.4 Å². The number of amides is 1. The molecule has 1 aliphatic rings. The summed E-state index contributed by atoms with van der Waals surface area (Å²) >= 11 is 0. The van der Waals surface area contributed by atoms with Crippen molar-refractivity contribution in [3.05, 3.63) is 30.3 Å². The number of para-hydroxylation sites is 1. The molecule has 0 radical (unpaired) electrons. The molecule has 21 heavy (non-hydrogen) atoms. The number of anilines is 1. The predicted molar refractivity (Wildman–Crippen MR) is 85.3 cm³/mol. The SMILES string of the molecule is CCNC1CCC(OC(C)C(=O)Nc2ccccc2)CC1. The van der Waals surface area contributed by atoms with E-state index >= 15 is 0 Å². The molecule has 1 fully saturated rings. The summed E-state index contributed by atoms with van der Waals surface area (Å²) in [5, 5.41) is 6.36. The van der Waals surface area contributed by atoms with Crippen LogP contribution in [-0.4, -0.2) is 30.7 Å². The van der Waals surface area contributed by atoms with E-state index in [1.54, 1.807) is 0 Å². The van der Waals surface area contributed by atoms with Gasteiger partial charge in [0.15, 0.2) is 0 Å². The Bertz CT molecular complexity index is 428. The fourth-order valence-corrected chi connectivity index (χ4v) is 2.81. The van der Waals surface area contributed by atoms with Gasteiger partial charge in [-0.3, -0.25) is 4.79 Å². The lowest BCUT2D eigenvalue weighted by Gasteiger charge is -2.30. The van der Waals surface area contributed by atoms with Gasteiger partial charge in [0.1, 0.15) is 6.10 Å². The molecule has 1 aromatic rings. The third-order valence-corrected chi connectivity index (χ3v) is 3.97. The van der Waals surface area contributed by atoms with Gasteiger partial charge in [-0.1, -0.05) is 25.1 Å². The van der Waals surface area contributed by atoms with E-state index in [-0.39, 0.29) is 12.0 Å². The van der Waals surface area contributed by atoms with E-state index in [0.717, 1.165) is 37.9 Å². The summed E-state index contributed by atoms with van der Waals surface area (Å²) in [6.45, 7) is 4.99. The highest BCUT2D eigenvalue weighted by molar-refractivity contribution is 5.93. The summed E-state index contributed by atoms with van der Waals surface area (Å²) < 4.78 is 5.91. The number of nitrogens with one attached hydrogen (secondary N) is 2. The van der Waals surface area contributed by atoms with Crippen LogP contribution in [0.25, 0.3) is 0 Å². The average molecular weight is 290 g/mol. The Balaban J connectivity index is 1.74. The molecule has 4 nitrogen and oxygen atoms in total. The van der Waals surface area contributed by atoms with E-state index in [4.69, 9.17) is 4.74 Å². The van der Waals surface area contributed by atoms with E-state index in [1.807, 2.05) is 37.3 Å². The van der Waals surface area contributed by atoms with Crippen LogP contribution in [0.1, 0.15) is 39.5 Å². The molecule has 1 atom stereocenters. The summed E-state index contributed by atoms with van der Waals surface area (Å²) in [7, 11) is 0. The van der Waals surface area contributed by atoms with Crippen molar-refractivity contribution in [2.75, 3.05) is 11.9 Å². The number of carbonyl (C=O) groups excluding carboxylic acids is 1. The van der Waals surface area contributed by atoms with Crippen molar-refractivity contribution < 1.29 is 9.53 Å². The van der Waals surface area contributed by atoms with Crippen molar-refractivity contribution in [1.29, 1.82) is 0 Å². The number of ether oxygens (including phenoxy) is 1. The number of hydrogen-bond acceptors (Lipinski definition) is 3. The van der Waals surface area contributed by atoms with Crippen LogP contribution < -0.4 is 10.6 Å². The Morgan fingerprint density at radius 1 is 1.24 bits per heavy atom. The van der Waals surface area contributed by atoms with E-state index in [9.17, 15) is 4.79 Å². The summed E-state index contributed by atoms with van der Waals surface area (Å²) in [6.07, 6.45) is 4.11. The molecule has 0 aromatic heterocycles. The standard InChI is InChI=1S/C17H26N2O2/c1-3-18-14-9-11-16(12-10-14)21-13(2)17(20)19-15-7-5-4-6-8-15/h4-8,13-14,16,18H,3,9-12H2,1-2H3,(H,19,20). The third kappa shape index (κ3) is 5.14. The average Bonchev–Trinajstić information content (AvgIpc) is 2.50. The van der Waals surface area contributed by atoms with E-state index in [0.29, 0.717) is 6.04 Å². The first-order valence-electron chi connectivity index (χ1n) is 7.93. The van der Waals surface area contributed by atoms with Gasteiger partial charge in [-0.25, -0.2) is 0 Å². The molecule has 1 amide bonds. The summed E-state index contributed by atoms with van der Waals surface area (Å²) in [4.78, 5) is 12.1. The number of hydrogen-bond donors (Lipinski definition) is 2. The molecule has 116 valence electrons. The van der Waals surface area contributed by atoms with Crippen molar-refractivity contribution in [3.63, 3.8) is 0 Å². The maximum atomic E-state index is 12.1. The van der Waals surface area contributed by atoms with Gasteiger partial charge in [0, 0.05) is 11.7 Å². The number of rotatable bonds is 6. The Kier molecular flexibility index (Phi) is 6.21. The van der Waals surface area contributed by atoms with Crippen LogP contribution >= 0.6 is 0 Å². The molecule has 4 heteroatoms. The molecule has 1 unspecified atom stereocenters. The molecule has 0 bridgehead atoms. The Hall–Kier alpha value is -1.39. The highest BCUT2D eigenvalue weighted by Gasteiger charge is 2.24. The third-order valence-electron chi connectivity index (χ3n) is 3.97. The lowest BCUT2D eigenvalue weighted by atomic mass is 9.93. The molecular weight excluding hydrogens is 264 g/mol. The first-order chi connectivity index (χ1) is 10.2. The molecule has 0 aliphatic heterocycles. The fourth-order valence-electron chi connectivity index (χ4n) is 2.81. The van der Waals surface area contributed by atoms with Crippen LogP contribution in [0.15, 0.2) is 30.3 Å². The Labute approximate surface area is 127 Å². The van der Waals surface area contributed by atoms with Gasteiger partial charge in [0.05, 0.1) is 6.10 Å². The highest BCUT2D eigenvalue weighted by Crippen LogP contribution is 2.22. The normalized spacial score (nSPS) is 23.5. The summed E-state index contributed by atoms with van der Waals surface area (Å²) in [5.74, 6) is -0.0741. The second-order valence-corrected chi connectivity index (χ2v) is 5.66. The largest absolute Gasteiger partial charge is 0.365 e. The zero-order valence-corrected chi connectivity index (χ0v) is 13.0. The maximum absolute atomic E-state index is 12.1. The Morgan fingerprint density at radius 2 is 1.90 bits per heavy atom. The lowest BCUT2D eigenvalue weighted by Crippen LogP contribution is -2.38. The molecule has 0 saturated heterocycles. The zero-order valence-electron chi connectivity index (χ0n) is 13.0. The molecule has 2 N–H and O–H groups in total. The van der Waals surface area contributed by atoms with Crippen LogP contribution in [0.3, 0.4) is 0 Å². The van der Waals surface area contributed by atoms with Crippen molar-refractivity contribution in [2.45, 2.75) is 57.8 Å². The highest BCUT2D eigenvalue weighted by atomic mass is 16.5. The zero-order chi connectivity index (χ0) is 15.1. The van der Waals surface area contributed by atoms with Crippen molar-refractivity contribution in [1.82, 2.24) is 5.32 Å². The first-order valence-corrected chi connectivity index (χ1v) is 7.93. The minimum Gasteiger partial charge on any atom is -0.365 e. The molecule has 2 rings (SSSR count). The van der Waals surface area contributed by atoms with Gasteiger partial charge in [-0.15, -0.1) is 0 Å². The molecule has 1 aliphatic carbocycles. The molecule has 1 aromatic carbocycles. The first kappa shape index (κ1) is 16.0. The lowest BCUT2D eigenvalue weighted by molar-refractivity contribution is -0.131. The predicted octanol–water partition coefficient (Wildman–Crippen LogP) is 2.95. The van der Waals surface area contributed by atoms with Gasteiger partial charge in [-0.05, 0) is 51.3 Å². The Morgan fingerprint density at radius 3 is 2.52 bits per heavy atom. The summed E-state index contributed by atoms with van der Waals surface area (Å²) in [6, 6.07) is 10.1. The van der Waals surface area contributed by atoms with Gasteiger partial charge in [0.25, 0.3) is 5.91 Å². The van der Waals surface area contributed by atoms with Gasteiger partial charge in [-0.2, -0.15) is 0 Å². The minimum atomic E-state index is -0.411. The molecular formula is C17H26N2O2. The van der Waals surface area contributed by atoms with E-state index in [2.05, 4.69) is 17.6 Å². The van der Waals surface area contributed by atoms with Crippen LogP contribution in [0.4, 0.5) is 5.69 Å². The van der Waals surface area contributed by atoms with Crippen LogP contribution in [0.2, 0.25) is 0 Å². The van der Waals surface area contributed by atoms with Crippen LogP contribution in [-0.2, 0) is 9.53 Å². The minimum absolute atomic E-state index is 0.0741.